The molecule has 2 rings (SSSR count). The van der Waals surface area contributed by atoms with Crippen LogP contribution < -0.4 is 10.6 Å². The average Bonchev–Trinajstić information content (AvgIpc) is 2.49. The number of aliphatic hydroxyl groups is 1. The van der Waals surface area contributed by atoms with Gasteiger partial charge in [-0.05, 0) is 25.0 Å². The van der Waals surface area contributed by atoms with Crippen molar-refractivity contribution in [1.82, 2.24) is 5.32 Å². The largest absolute Gasteiger partial charge is 0.393 e. The molecule has 1 fully saturated rings. The summed E-state index contributed by atoms with van der Waals surface area (Å²) in [5.41, 5.74) is -0.265. The molecular formula is C15H18F2N2O3. The Balaban J connectivity index is 1.85. The second-order valence-corrected chi connectivity index (χ2v) is 5.40. The van der Waals surface area contributed by atoms with Crippen LogP contribution in [0.4, 0.5) is 14.5 Å². The fraction of sp³-hybridized carbons (Fsp3) is 0.467. The Morgan fingerprint density at radius 1 is 1.18 bits per heavy atom. The van der Waals surface area contributed by atoms with E-state index in [-0.39, 0.29) is 18.2 Å². The lowest BCUT2D eigenvalue weighted by molar-refractivity contribution is -0.136. The number of aliphatic hydroxyl groups excluding tert-OH is 1. The van der Waals surface area contributed by atoms with Crippen molar-refractivity contribution >= 4 is 17.5 Å². The molecule has 1 aromatic rings. The van der Waals surface area contributed by atoms with Gasteiger partial charge in [0.05, 0.1) is 11.8 Å². The fourth-order valence-electron chi connectivity index (χ4n) is 2.50. The normalized spacial score (nSPS) is 21.2. The molecule has 2 amide bonds. The van der Waals surface area contributed by atoms with Crippen molar-refractivity contribution in [3.05, 3.63) is 29.8 Å². The molecule has 7 heteroatoms. The monoisotopic (exact) mass is 312 g/mol. The molecule has 0 radical (unpaired) electrons. The summed E-state index contributed by atoms with van der Waals surface area (Å²) >= 11 is 0. The van der Waals surface area contributed by atoms with Crippen LogP contribution in [0, 0.1) is 17.6 Å². The van der Waals surface area contributed by atoms with Gasteiger partial charge in [0.1, 0.15) is 11.6 Å². The Bertz CT molecular complexity index is 566. The molecule has 1 aliphatic carbocycles. The van der Waals surface area contributed by atoms with Crippen molar-refractivity contribution in [2.24, 2.45) is 5.92 Å². The number of rotatable bonds is 3. The summed E-state index contributed by atoms with van der Waals surface area (Å²) < 4.78 is 26.1. The fourth-order valence-corrected chi connectivity index (χ4v) is 2.50. The molecule has 0 aliphatic heterocycles. The average molecular weight is 312 g/mol. The molecule has 0 heterocycles. The number of amides is 2. The van der Waals surface area contributed by atoms with Gasteiger partial charge in [-0.2, -0.15) is 0 Å². The lowest BCUT2D eigenvalue weighted by Crippen LogP contribution is -2.41. The summed E-state index contributed by atoms with van der Waals surface area (Å²) in [4.78, 5) is 23.3. The molecule has 3 N–H and O–H groups in total. The number of nitrogens with one attached hydrogen (secondary N) is 2. The Hall–Kier alpha value is -2.02. The van der Waals surface area contributed by atoms with E-state index in [1.165, 1.54) is 0 Å². The number of carbonyl (C=O) groups is 2. The topological polar surface area (TPSA) is 78.4 Å². The first-order valence-corrected chi connectivity index (χ1v) is 7.19. The minimum Gasteiger partial charge on any atom is -0.393 e. The van der Waals surface area contributed by atoms with Crippen LogP contribution in [0.5, 0.6) is 0 Å². The summed E-state index contributed by atoms with van der Waals surface area (Å²) in [6.45, 7) is 0.194. The third kappa shape index (κ3) is 4.24. The van der Waals surface area contributed by atoms with Crippen molar-refractivity contribution in [2.45, 2.75) is 31.8 Å². The van der Waals surface area contributed by atoms with Crippen LogP contribution in [0.15, 0.2) is 18.2 Å². The summed E-state index contributed by atoms with van der Waals surface area (Å²) in [5, 5.41) is 14.3. The van der Waals surface area contributed by atoms with E-state index >= 15 is 0 Å². The molecule has 0 bridgehead atoms. The van der Waals surface area contributed by atoms with Gasteiger partial charge in [-0.15, -0.1) is 0 Å². The van der Waals surface area contributed by atoms with Gasteiger partial charge in [-0.1, -0.05) is 12.8 Å². The van der Waals surface area contributed by atoms with Crippen LogP contribution in [-0.4, -0.2) is 29.6 Å². The quantitative estimate of drug-likeness (QED) is 0.741. The third-order valence-corrected chi connectivity index (χ3v) is 3.78. The molecule has 0 saturated heterocycles. The van der Waals surface area contributed by atoms with Crippen LogP contribution in [0.2, 0.25) is 0 Å². The highest BCUT2D eigenvalue weighted by Gasteiger charge is 2.24. The van der Waals surface area contributed by atoms with Gasteiger partial charge in [0.25, 0.3) is 0 Å². The van der Waals surface area contributed by atoms with Crippen LogP contribution in [-0.2, 0) is 9.59 Å². The van der Waals surface area contributed by atoms with E-state index in [0.29, 0.717) is 12.5 Å². The molecular weight excluding hydrogens is 294 g/mol. The molecule has 1 aromatic carbocycles. The van der Waals surface area contributed by atoms with Crippen molar-refractivity contribution in [2.75, 3.05) is 11.9 Å². The molecule has 0 spiro atoms. The Kier molecular flexibility index (Phi) is 5.43. The Labute approximate surface area is 126 Å². The van der Waals surface area contributed by atoms with E-state index < -0.39 is 29.6 Å². The highest BCUT2D eigenvalue weighted by Crippen LogP contribution is 2.23. The maximum absolute atomic E-state index is 13.4. The molecule has 0 aromatic heterocycles. The minimum absolute atomic E-state index is 0.0759. The number of benzene rings is 1. The Morgan fingerprint density at radius 2 is 1.91 bits per heavy atom. The van der Waals surface area contributed by atoms with Crippen molar-refractivity contribution in [3.8, 4) is 0 Å². The Morgan fingerprint density at radius 3 is 2.59 bits per heavy atom. The van der Waals surface area contributed by atoms with Crippen LogP contribution in [0.25, 0.3) is 0 Å². The maximum Gasteiger partial charge on any atom is 0.313 e. The molecule has 2 atom stereocenters. The second kappa shape index (κ2) is 7.31. The highest BCUT2D eigenvalue weighted by molar-refractivity contribution is 6.39. The molecule has 5 nitrogen and oxygen atoms in total. The van der Waals surface area contributed by atoms with Gasteiger partial charge in [0.2, 0.25) is 0 Å². The van der Waals surface area contributed by atoms with Gasteiger partial charge in [-0.3, -0.25) is 9.59 Å². The van der Waals surface area contributed by atoms with Crippen molar-refractivity contribution in [3.63, 3.8) is 0 Å². The molecule has 1 saturated carbocycles. The summed E-state index contributed by atoms with van der Waals surface area (Å²) in [6.07, 6.45) is 2.93. The van der Waals surface area contributed by atoms with Gasteiger partial charge in [0, 0.05) is 18.5 Å². The van der Waals surface area contributed by atoms with Gasteiger partial charge in [-0.25, -0.2) is 8.78 Å². The van der Waals surface area contributed by atoms with Crippen LogP contribution in [0.1, 0.15) is 25.7 Å². The lowest BCUT2D eigenvalue weighted by atomic mass is 9.86. The zero-order valence-corrected chi connectivity index (χ0v) is 11.9. The molecule has 0 unspecified atom stereocenters. The second-order valence-electron chi connectivity index (χ2n) is 5.40. The van der Waals surface area contributed by atoms with Gasteiger partial charge in [0.15, 0.2) is 0 Å². The van der Waals surface area contributed by atoms with E-state index in [2.05, 4.69) is 10.6 Å². The van der Waals surface area contributed by atoms with E-state index in [1.54, 1.807) is 0 Å². The molecule has 1 aliphatic rings. The predicted octanol–water partition coefficient (Wildman–Crippen LogP) is 1.57. The summed E-state index contributed by atoms with van der Waals surface area (Å²) in [7, 11) is 0. The first-order valence-electron chi connectivity index (χ1n) is 7.19. The smallest absolute Gasteiger partial charge is 0.313 e. The number of hydrogen-bond acceptors (Lipinski definition) is 3. The van der Waals surface area contributed by atoms with E-state index in [4.69, 9.17) is 0 Å². The zero-order chi connectivity index (χ0) is 16.1. The van der Waals surface area contributed by atoms with Crippen molar-refractivity contribution < 1.29 is 23.5 Å². The first kappa shape index (κ1) is 16.4. The summed E-state index contributed by atoms with van der Waals surface area (Å²) in [5.74, 6) is -3.75. The van der Waals surface area contributed by atoms with E-state index in [9.17, 15) is 23.5 Å². The highest BCUT2D eigenvalue weighted by atomic mass is 19.1. The van der Waals surface area contributed by atoms with Crippen LogP contribution in [0.3, 0.4) is 0 Å². The van der Waals surface area contributed by atoms with Gasteiger partial charge < -0.3 is 15.7 Å². The SMILES string of the molecule is O=C(NC[C@H]1CCCC[C@H]1O)C(=O)Nc1ccc(F)cc1F. The zero-order valence-electron chi connectivity index (χ0n) is 11.9. The minimum atomic E-state index is -1.03. The third-order valence-electron chi connectivity index (χ3n) is 3.78. The maximum atomic E-state index is 13.4. The number of carbonyl (C=O) groups excluding carboxylic acids is 2. The van der Waals surface area contributed by atoms with Gasteiger partial charge >= 0.3 is 11.8 Å². The lowest BCUT2D eigenvalue weighted by Gasteiger charge is -2.27. The van der Waals surface area contributed by atoms with Crippen LogP contribution >= 0.6 is 0 Å². The standard InChI is InChI=1S/C15H18F2N2O3/c16-10-5-6-12(11(17)7-10)19-15(22)14(21)18-8-9-3-1-2-4-13(9)20/h5-7,9,13,20H,1-4,8H2,(H,18,21)(H,19,22)/t9-,13-/m1/s1. The number of hydrogen-bond donors (Lipinski definition) is 3. The molecule has 120 valence electrons. The van der Waals surface area contributed by atoms with E-state index in [0.717, 1.165) is 31.4 Å². The van der Waals surface area contributed by atoms with E-state index in [1.807, 2.05) is 0 Å². The van der Waals surface area contributed by atoms with Crippen molar-refractivity contribution in [1.29, 1.82) is 0 Å². The molecule has 22 heavy (non-hydrogen) atoms. The first-order chi connectivity index (χ1) is 10.5. The predicted molar refractivity (Wildman–Crippen MR) is 76.0 cm³/mol. The number of halogens is 2. The number of anilines is 1. The summed E-state index contributed by atoms with van der Waals surface area (Å²) in [6, 6.07) is 2.64.